The maximum absolute atomic E-state index is 4.95. The Labute approximate surface area is 540 Å². The summed E-state index contributed by atoms with van der Waals surface area (Å²) < 4.78 is 2.46. The highest BCUT2D eigenvalue weighted by atomic mass is 28.3. The molecule has 1 spiro atoms. The lowest BCUT2D eigenvalue weighted by atomic mass is 9.35. The van der Waals surface area contributed by atoms with Crippen molar-refractivity contribution in [1.29, 1.82) is 0 Å². The molecule has 17 aromatic rings. The number of para-hydroxylation sites is 4. The Kier molecular flexibility index (Phi) is 12.0. The zero-order chi connectivity index (χ0) is 61.3. The summed E-state index contributed by atoms with van der Waals surface area (Å²) in [6.45, 7) is 1.99. The van der Waals surface area contributed by atoms with Crippen molar-refractivity contribution in [2.75, 3.05) is 4.90 Å². The van der Waals surface area contributed by atoms with Crippen LogP contribution in [0.15, 0.2) is 328 Å². The lowest BCUT2D eigenvalue weighted by molar-refractivity contribution is 1.17. The van der Waals surface area contributed by atoms with Crippen LogP contribution in [0.3, 0.4) is 0 Å². The zero-order valence-electron chi connectivity index (χ0n) is 51.0. The van der Waals surface area contributed by atoms with E-state index in [1.807, 2.05) is 12.4 Å². The van der Waals surface area contributed by atoms with Crippen LogP contribution in [0.2, 0.25) is 0 Å². The average molecular weight is 1200 g/mol. The molecular formula is C87H57BN4Si. The van der Waals surface area contributed by atoms with Crippen LogP contribution in [0.1, 0.15) is 5.56 Å². The third kappa shape index (κ3) is 7.99. The van der Waals surface area contributed by atoms with Crippen LogP contribution in [0.25, 0.3) is 115 Å². The molecule has 0 saturated carbocycles. The third-order valence-corrected chi connectivity index (χ3v) is 25.3. The van der Waals surface area contributed by atoms with Crippen molar-refractivity contribution in [3.63, 3.8) is 0 Å². The van der Waals surface area contributed by atoms with Crippen molar-refractivity contribution in [3.05, 3.63) is 334 Å². The van der Waals surface area contributed by atoms with Gasteiger partial charge in [-0.05, 0) is 201 Å². The summed E-state index contributed by atoms with van der Waals surface area (Å²) in [5.41, 5.74) is 21.6. The zero-order valence-corrected chi connectivity index (χ0v) is 52.0. The van der Waals surface area contributed by atoms with Gasteiger partial charge in [0.15, 0.2) is 8.07 Å². The van der Waals surface area contributed by atoms with E-state index in [1.54, 1.807) is 0 Å². The Morgan fingerprint density at radius 2 is 0.796 bits per heavy atom. The normalized spacial score (nSPS) is 12.8. The first-order valence-corrected chi connectivity index (χ1v) is 34.2. The molecule has 0 unspecified atom stereocenters. The van der Waals surface area contributed by atoms with Gasteiger partial charge in [-0.25, -0.2) is 0 Å². The maximum atomic E-state index is 4.95. The Hall–Kier alpha value is -11.7. The summed E-state index contributed by atoms with van der Waals surface area (Å²) in [7, 11) is -3.46. The average Bonchev–Trinajstić information content (AvgIpc) is 1.64. The molecule has 3 aromatic heterocycles. The third-order valence-electron chi connectivity index (χ3n) is 20.2. The van der Waals surface area contributed by atoms with E-state index in [1.165, 1.54) is 141 Å². The molecule has 93 heavy (non-hydrogen) atoms. The first-order valence-electron chi connectivity index (χ1n) is 32.2. The summed E-state index contributed by atoms with van der Waals surface area (Å²) in [6, 6.07) is 114. The standard InChI is InChI=1S/C87H57BN4Si/c1-56-47-62(50-67(48-56)92-80-35-15-11-31-68(80)69-32-12-16-36-81(69)92)61-39-41-72-76(52-61)77-51-60(59-24-19-23-58(49-59)57-21-5-2-6-22-57)40-42-74(77)86-84(72)88(63-25-20-30-66(53-63)91(64-26-7-3-8-27-64)65-28-9-4-10-29-65)85-73-43-45-89-54-78(73)79-55-90-46-44-75(79)87(85)93(86)82-37-17-13-33-70(82)71-34-14-18-38-83(71)93/h2-55H,1H3. The quantitative estimate of drug-likeness (QED) is 0.112. The minimum atomic E-state index is -3.46. The second kappa shape index (κ2) is 20.9. The van der Waals surface area contributed by atoms with Crippen LogP contribution < -0.4 is 42.0 Å². The highest BCUT2D eigenvalue weighted by Gasteiger charge is 2.57. The Morgan fingerprint density at radius 3 is 1.45 bits per heavy atom. The van der Waals surface area contributed by atoms with E-state index in [-0.39, 0.29) is 6.71 Å². The number of nitrogens with zero attached hydrogens (tertiary/aromatic N) is 4. The van der Waals surface area contributed by atoms with E-state index in [2.05, 4.69) is 332 Å². The largest absolute Gasteiger partial charge is 0.311 e. The minimum absolute atomic E-state index is 0.260. The fourth-order valence-corrected chi connectivity index (χ4v) is 22.7. The summed E-state index contributed by atoms with van der Waals surface area (Å²) in [5, 5.41) is 17.9. The summed E-state index contributed by atoms with van der Waals surface area (Å²) in [5.74, 6) is 0. The van der Waals surface area contributed by atoms with Crippen LogP contribution in [-0.4, -0.2) is 29.3 Å². The molecule has 2 aliphatic rings. The molecule has 14 aromatic carbocycles. The van der Waals surface area contributed by atoms with Gasteiger partial charge in [-0.1, -0.05) is 229 Å². The van der Waals surface area contributed by atoms with E-state index >= 15 is 0 Å². The Morgan fingerprint density at radius 1 is 0.323 bits per heavy atom. The van der Waals surface area contributed by atoms with Crippen molar-refractivity contribution < 1.29 is 0 Å². The van der Waals surface area contributed by atoms with Gasteiger partial charge in [-0.3, -0.25) is 9.97 Å². The predicted octanol–water partition coefficient (Wildman–Crippen LogP) is 17.2. The maximum Gasteiger partial charge on any atom is 0.242 e. The van der Waals surface area contributed by atoms with Crippen molar-refractivity contribution in [2.45, 2.75) is 6.92 Å². The minimum Gasteiger partial charge on any atom is -0.311 e. The molecule has 5 heterocycles. The molecule has 0 bridgehead atoms. The second-order valence-corrected chi connectivity index (χ2v) is 28.8. The van der Waals surface area contributed by atoms with Crippen LogP contribution in [0, 0.1) is 6.92 Å². The topological polar surface area (TPSA) is 34.0 Å². The van der Waals surface area contributed by atoms with Gasteiger partial charge in [0.1, 0.15) is 0 Å². The number of aryl methyl sites for hydroxylation is 1. The lowest BCUT2D eigenvalue weighted by Gasteiger charge is -2.44. The van der Waals surface area contributed by atoms with Gasteiger partial charge in [-0.2, -0.15) is 0 Å². The molecule has 0 radical (unpaired) electrons. The number of benzene rings is 14. The van der Waals surface area contributed by atoms with Crippen LogP contribution in [-0.2, 0) is 0 Å². The molecule has 19 rings (SSSR count). The fraction of sp³-hybridized carbons (Fsp3) is 0.0115. The number of fused-ring (bicyclic) bond motifs is 22. The van der Waals surface area contributed by atoms with E-state index in [0.717, 1.165) is 33.5 Å². The van der Waals surface area contributed by atoms with Crippen molar-refractivity contribution in [1.82, 2.24) is 14.5 Å². The summed E-state index contributed by atoms with van der Waals surface area (Å²) in [4.78, 5) is 12.3. The summed E-state index contributed by atoms with van der Waals surface area (Å²) in [6.07, 6.45) is 8.23. The number of pyridine rings is 2. The predicted molar refractivity (Wildman–Crippen MR) is 396 cm³/mol. The fourth-order valence-electron chi connectivity index (χ4n) is 16.6. The monoisotopic (exact) mass is 1200 g/mol. The van der Waals surface area contributed by atoms with E-state index in [4.69, 9.17) is 9.97 Å². The van der Waals surface area contributed by atoms with E-state index < -0.39 is 8.07 Å². The molecule has 0 fully saturated rings. The Bertz CT molecular complexity index is 5780. The molecular weight excluding hydrogens is 1140 g/mol. The second-order valence-electron chi connectivity index (χ2n) is 25.2. The first kappa shape index (κ1) is 53.2. The smallest absolute Gasteiger partial charge is 0.242 e. The first-order chi connectivity index (χ1) is 46.1. The molecule has 2 aliphatic heterocycles. The van der Waals surface area contributed by atoms with Gasteiger partial charge in [0.05, 0.1) is 11.0 Å². The summed E-state index contributed by atoms with van der Waals surface area (Å²) >= 11 is 0. The van der Waals surface area contributed by atoms with Crippen LogP contribution >= 0.6 is 0 Å². The SMILES string of the molecule is Cc1cc(-c2ccc3c4c(c5ccc(-c6cccc(-c7ccccc7)c6)cc5c3c2)[Si]2(c3ccccc3-c3ccccc32)c2c(c3ccncc3c3cnccc23)B4c2cccc(N(c3ccccc3)c3ccccc3)c2)cc(-n2c3ccccc3c3ccccc32)c1. The number of hydrogen-bond donors (Lipinski definition) is 0. The van der Waals surface area contributed by atoms with Crippen LogP contribution in [0.5, 0.6) is 0 Å². The molecule has 0 aliphatic carbocycles. The van der Waals surface area contributed by atoms with Gasteiger partial charge in [0.25, 0.3) is 0 Å². The molecule has 6 heteroatoms. The molecule has 0 saturated heterocycles. The molecule has 0 atom stereocenters. The van der Waals surface area contributed by atoms with Crippen molar-refractivity contribution in [3.8, 4) is 50.2 Å². The van der Waals surface area contributed by atoms with Crippen molar-refractivity contribution in [2.24, 2.45) is 0 Å². The molecule has 0 N–H and O–H groups in total. The Balaban J connectivity index is 0.976. The van der Waals surface area contributed by atoms with Crippen LogP contribution in [0.4, 0.5) is 17.1 Å². The van der Waals surface area contributed by atoms with Crippen molar-refractivity contribution >= 4 is 134 Å². The molecule has 432 valence electrons. The highest BCUT2D eigenvalue weighted by Crippen LogP contribution is 2.42. The molecule has 0 amide bonds. The highest BCUT2D eigenvalue weighted by molar-refractivity contribution is 7.30. The number of anilines is 3. The number of hydrogen-bond acceptors (Lipinski definition) is 3. The van der Waals surface area contributed by atoms with E-state index in [0.29, 0.717) is 0 Å². The lowest BCUT2D eigenvalue weighted by Crippen LogP contribution is -2.86. The van der Waals surface area contributed by atoms with Gasteiger partial charge < -0.3 is 9.47 Å². The number of rotatable bonds is 8. The van der Waals surface area contributed by atoms with Gasteiger partial charge >= 0.3 is 0 Å². The van der Waals surface area contributed by atoms with Gasteiger partial charge in [0.2, 0.25) is 6.71 Å². The molecule has 4 nitrogen and oxygen atoms in total. The number of aromatic nitrogens is 3. The van der Waals surface area contributed by atoms with Gasteiger partial charge in [-0.15, -0.1) is 0 Å². The van der Waals surface area contributed by atoms with Gasteiger partial charge in [0, 0.05) is 69.1 Å². The van der Waals surface area contributed by atoms with E-state index in [9.17, 15) is 0 Å².